The van der Waals surface area contributed by atoms with E-state index in [1.807, 2.05) is 48.2 Å². The molecule has 120 valence electrons. The third-order valence-corrected chi connectivity index (χ3v) is 4.76. The number of nitrogens with zero attached hydrogens (tertiary/aromatic N) is 1. The molecule has 1 aliphatic heterocycles. The maximum atomic E-state index is 12.9. The molecule has 1 amide bonds. The van der Waals surface area contributed by atoms with Crippen molar-refractivity contribution in [3.8, 4) is 0 Å². The molecule has 2 aromatic rings. The van der Waals surface area contributed by atoms with E-state index in [1.54, 1.807) is 0 Å². The van der Waals surface area contributed by atoms with Crippen LogP contribution in [-0.4, -0.2) is 23.4 Å². The minimum atomic E-state index is -0.160. The van der Waals surface area contributed by atoms with Gasteiger partial charge in [0.1, 0.15) is 0 Å². The van der Waals surface area contributed by atoms with Gasteiger partial charge >= 0.3 is 0 Å². The number of fused-ring (bicyclic) bond motifs is 1. The molecule has 0 bridgehead atoms. The molecule has 4 heteroatoms. The van der Waals surface area contributed by atoms with Crippen LogP contribution >= 0.6 is 11.6 Å². The number of hydrogen-bond acceptors (Lipinski definition) is 2. The van der Waals surface area contributed by atoms with Crippen LogP contribution in [0.25, 0.3) is 0 Å². The summed E-state index contributed by atoms with van der Waals surface area (Å²) < 4.78 is 0. The molecule has 3 rings (SSSR count). The Hall–Kier alpha value is -1.84. The van der Waals surface area contributed by atoms with Gasteiger partial charge in [0.05, 0.1) is 6.04 Å². The average molecular weight is 329 g/mol. The fourth-order valence-corrected chi connectivity index (χ4v) is 3.22. The summed E-state index contributed by atoms with van der Waals surface area (Å²) in [7, 11) is 0. The lowest BCUT2D eigenvalue weighted by atomic mass is 9.95. The molecule has 3 nitrogen and oxygen atoms in total. The molecule has 0 aliphatic carbocycles. The van der Waals surface area contributed by atoms with Crippen molar-refractivity contribution in [2.45, 2.75) is 32.5 Å². The maximum absolute atomic E-state index is 12.9. The summed E-state index contributed by atoms with van der Waals surface area (Å²) in [5.74, 6) is 0.141. The molecular weight excluding hydrogens is 308 g/mol. The summed E-state index contributed by atoms with van der Waals surface area (Å²) in [6.45, 7) is 3.97. The number of nitrogens with one attached hydrogen (secondary N) is 1. The van der Waals surface area contributed by atoms with Gasteiger partial charge in [0.25, 0.3) is 0 Å². The number of amides is 1. The Bertz CT molecular complexity index is 701. The van der Waals surface area contributed by atoms with Gasteiger partial charge in [0.15, 0.2) is 0 Å². The first-order valence-corrected chi connectivity index (χ1v) is 8.39. The van der Waals surface area contributed by atoms with E-state index >= 15 is 0 Å². The zero-order valence-electron chi connectivity index (χ0n) is 13.3. The lowest BCUT2D eigenvalue weighted by Crippen LogP contribution is -2.49. The highest BCUT2D eigenvalue weighted by Gasteiger charge is 2.27. The van der Waals surface area contributed by atoms with Gasteiger partial charge in [0.2, 0.25) is 5.91 Å². The number of halogens is 1. The summed E-state index contributed by atoms with van der Waals surface area (Å²) in [4.78, 5) is 14.7. The molecule has 0 spiro atoms. The van der Waals surface area contributed by atoms with Crippen LogP contribution in [-0.2, 0) is 24.3 Å². The first-order valence-electron chi connectivity index (χ1n) is 8.01. The second-order valence-corrected chi connectivity index (χ2v) is 6.26. The van der Waals surface area contributed by atoms with Gasteiger partial charge in [-0.1, -0.05) is 54.1 Å². The van der Waals surface area contributed by atoms with E-state index < -0.39 is 0 Å². The Balaban J connectivity index is 1.72. The molecule has 23 heavy (non-hydrogen) atoms. The predicted molar refractivity (Wildman–Crippen MR) is 93.3 cm³/mol. The monoisotopic (exact) mass is 328 g/mol. The van der Waals surface area contributed by atoms with Crippen molar-refractivity contribution in [2.24, 2.45) is 0 Å². The Kier molecular flexibility index (Phi) is 4.99. The Labute approximate surface area is 142 Å². The van der Waals surface area contributed by atoms with E-state index in [-0.39, 0.29) is 11.9 Å². The molecule has 0 saturated carbocycles. The van der Waals surface area contributed by atoms with Crippen LogP contribution in [0.1, 0.15) is 23.6 Å². The van der Waals surface area contributed by atoms with Crippen molar-refractivity contribution in [1.82, 2.24) is 10.2 Å². The molecule has 0 saturated heterocycles. The van der Waals surface area contributed by atoms with Crippen molar-refractivity contribution in [1.29, 1.82) is 0 Å². The smallest absolute Gasteiger partial charge is 0.240 e. The molecule has 1 N–H and O–H groups in total. The van der Waals surface area contributed by atoms with E-state index in [0.29, 0.717) is 18.1 Å². The molecule has 2 aromatic carbocycles. The standard InChI is InChI=1S/C19H21ClN2O/c1-2-22(13-16-9-5-6-10-17(16)20)19(23)18-11-14-7-3-4-8-15(14)12-21-18/h3-10,18,21H,2,11-13H2,1H3. The minimum Gasteiger partial charge on any atom is -0.337 e. The van der Waals surface area contributed by atoms with E-state index in [1.165, 1.54) is 11.1 Å². The van der Waals surface area contributed by atoms with Crippen molar-refractivity contribution < 1.29 is 4.79 Å². The zero-order chi connectivity index (χ0) is 16.2. The normalized spacial score (nSPS) is 16.7. The Morgan fingerprint density at radius 3 is 2.61 bits per heavy atom. The van der Waals surface area contributed by atoms with Crippen molar-refractivity contribution in [3.05, 3.63) is 70.2 Å². The molecule has 1 atom stereocenters. The highest BCUT2D eigenvalue weighted by Crippen LogP contribution is 2.20. The summed E-state index contributed by atoms with van der Waals surface area (Å²) in [6.07, 6.45) is 0.744. The van der Waals surface area contributed by atoms with Crippen LogP contribution in [0, 0.1) is 0 Å². The van der Waals surface area contributed by atoms with Gasteiger partial charge in [-0.2, -0.15) is 0 Å². The number of carbonyl (C=O) groups is 1. The lowest BCUT2D eigenvalue weighted by Gasteiger charge is -2.30. The van der Waals surface area contributed by atoms with Gasteiger partial charge in [0, 0.05) is 24.7 Å². The number of benzene rings is 2. The third kappa shape index (κ3) is 3.57. The molecule has 0 aromatic heterocycles. The van der Waals surface area contributed by atoms with Crippen molar-refractivity contribution in [3.63, 3.8) is 0 Å². The SMILES string of the molecule is CCN(Cc1ccccc1Cl)C(=O)C1Cc2ccccc2CN1. The van der Waals surface area contributed by atoms with Crippen LogP contribution in [0.15, 0.2) is 48.5 Å². The molecule has 1 aliphatic rings. The average Bonchev–Trinajstić information content (AvgIpc) is 2.60. The van der Waals surface area contributed by atoms with E-state index in [2.05, 4.69) is 17.4 Å². The van der Waals surface area contributed by atoms with E-state index in [4.69, 9.17) is 11.6 Å². The number of carbonyl (C=O) groups excluding carboxylic acids is 1. The Morgan fingerprint density at radius 1 is 1.17 bits per heavy atom. The molecule has 1 unspecified atom stereocenters. The van der Waals surface area contributed by atoms with Gasteiger partial charge < -0.3 is 10.2 Å². The van der Waals surface area contributed by atoms with Gasteiger partial charge in [-0.15, -0.1) is 0 Å². The molecule has 0 radical (unpaired) electrons. The van der Waals surface area contributed by atoms with Crippen LogP contribution in [0.5, 0.6) is 0 Å². The van der Waals surface area contributed by atoms with Gasteiger partial charge in [-0.3, -0.25) is 4.79 Å². The van der Waals surface area contributed by atoms with E-state index in [9.17, 15) is 4.79 Å². The summed E-state index contributed by atoms with van der Waals surface area (Å²) in [5, 5.41) is 4.08. The number of hydrogen-bond donors (Lipinski definition) is 1. The second kappa shape index (κ2) is 7.16. The zero-order valence-corrected chi connectivity index (χ0v) is 14.0. The highest BCUT2D eigenvalue weighted by molar-refractivity contribution is 6.31. The van der Waals surface area contributed by atoms with Crippen molar-refractivity contribution >= 4 is 17.5 Å². The number of rotatable bonds is 4. The quantitative estimate of drug-likeness (QED) is 0.933. The maximum Gasteiger partial charge on any atom is 0.240 e. The molecule has 0 fully saturated rings. The van der Waals surface area contributed by atoms with Crippen molar-refractivity contribution in [2.75, 3.05) is 6.54 Å². The predicted octanol–water partition coefficient (Wildman–Crippen LogP) is 3.40. The van der Waals surface area contributed by atoms with Crippen LogP contribution < -0.4 is 5.32 Å². The topological polar surface area (TPSA) is 32.3 Å². The van der Waals surface area contributed by atoms with E-state index in [0.717, 1.165) is 18.5 Å². The number of likely N-dealkylation sites (N-methyl/N-ethyl adjacent to an activating group) is 1. The third-order valence-electron chi connectivity index (χ3n) is 4.39. The molecular formula is C19H21ClN2O. The molecule has 1 heterocycles. The second-order valence-electron chi connectivity index (χ2n) is 5.85. The summed E-state index contributed by atoms with van der Waals surface area (Å²) in [6, 6.07) is 15.8. The highest BCUT2D eigenvalue weighted by atomic mass is 35.5. The largest absolute Gasteiger partial charge is 0.337 e. The van der Waals surface area contributed by atoms with Crippen LogP contribution in [0.2, 0.25) is 5.02 Å². The fourth-order valence-electron chi connectivity index (χ4n) is 3.03. The van der Waals surface area contributed by atoms with Crippen LogP contribution in [0.3, 0.4) is 0 Å². The van der Waals surface area contributed by atoms with Gasteiger partial charge in [-0.25, -0.2) is 0 Å². The van der Waals surface area contributed by atoms with Crippen LogP contribution in [0.4, 0.5) is 0 Å². The van der Waals surface area contributed by atoms with Gasteiger partial charge in [-0.05, 0) is 36.1 Å². The minimum absolute atomic E-state index is 0.141. The summed E-state index contributed by atoms with van der Waals surface area (Å²) in [5.41, 5.74) is 3.53. The first kappa shape index (κ1) is 16.0. The summed E-state index contributed by atoms with van der Waals surface area (Å²) >= 11 is 6.23. The fraction of sp³-hybridized carbons (Fsp3) is 0.316. The first-order chi connectivity index (χ1) is 11.2. The Morgan fingerprint density at radius 2 is 1.87 bits per heavy atom. The lowest BCUT2D eigenvalue weighted by molar-refractivity contribution is -0.134.